The Morgan fingerprint density at radius 2 is 1.41 bits per heavy atom. The zero-order valence-corrected chi connectivity index (χ0v) is 12.3. The maximum atomic E-state index is 12.7. The molecule has 1 aromatic carbocycles. The van der Waals surface area contributed by atoms with E-state index < -0.39 is 7.67 Å². The van der Waals surface area contributed by atoms with Crippen molar-refractivity contribution in [3.05, 3.63) is 29.3 Å². The molecule has 0 saturated heterocycles. The third-order valence-electron chi connectivity index (χ3n) is 2.63. The van der Waals surface area contributed by atoms with E-state index in [4.69, 9.17) is 4.52 Å². The molecule has 0 atom stereocenters. The second-order valence-electron chi connectivity index (χ2n) is 4.50. The summed E-state index contributed by atoms with van der Waals surface area (Å²) in [5, 5.41) is 0. The van der Waals surface area contributed by atoms with Gasteiger partial charge in [-0.15, -0.1) is 0 Å². The van der Waals surface area contributed by atoms with E-state index in [0.29, 0.717) is 5.75 Å². The smallest absolute Gasteiger partial charge is 0.394 e. The Balaban J connectivity index is 3.16. The van der Waals surface area contributed by atoms with E-state index in [9.17, 15) is 4.57 Å². The molecule has 0 amide bonds. The first-order chi connectivity index (χ1) is 7.79. The van der Waals surface area contributed by atoms with Crippen LogP contribution in [0.5, 0.6) is 5.75 Å². The van der Waals surface area contributed by atoms with Crippen LogP contribution in [0.4, 0.5) is 0 Å². The van der Waals surface area contributed by atoms with Gasteiger partial charge < -0.3 is 4.52 Å². The monoisotopic (exact) mass is 256 g/mol. The van der Waals surface area contributed by atoms with Crippen molar-refractivity contribution in [2.75, 3.05) is 28.2 Å². The lowest BCUT2D eigenvalue weighted by atomic mass is 10.1. The number of hydrogen-bond acceptors (Lipinski definition) is 2. The number of aryl methyl sites for hydroxylation is 2. The van der Waals surface area contributed by atoms with Crippen LogP contribution in [-0.2, 0) is 4.57 Å². The molecule has 0 aromatic heterocycles. The largest absolute Gasteiger partial charge is 0.421 e. The lowest BCUT2D eigenvalue weighted by Gasteiger charge is -2.30. The van der Waals surface area contributed by atoms with Crippen molar-refractivity contribution < 1.29 is 9.09 Å². The Kier molecular flexibility index (Phi) is 4.36. The molecule has 5 heteroatoms. The summed E-state index contributed by atoms with van der Waals surface area (Å²) in [7, 11) is 4.06. The zero-order valence-electron chi connectivity index (χ0n) is 11.4. The maximum absolute atomic E-state index is 12.7. The summed E-state index contributed by atoms with van der Waals surface area (Å²) in [6.07, 6.45) is 0. The normalized spacial score (nSPS) is 12.2. The second-order valence-corrected chi connectivity index (χ2v) is 7.26. The highest BCUT2D eigenvalue weighted by Gasteiger charge is 2.32. The summed E-state index contributed by atoms with van der Waals surface area (Å²) in [6.45, 7) is 3.91. The van der Waals surface area contributed by atoms with Gasteiger partial charge in [0, 0.05) is 0 Å². The van der Waals surface area contributed by atoms with Crippen molar-refractivity contribution >= 4 is 7.67 Å². The first-order valence-electron chi connectivity index (χ1n) is 5.50. The standard InChI is InChI=1S/C12H21N2O2P/c1-10-8-7-9-11(2)12(10)16-17(15,13(3)4)14(5)6/h7-9H,1-6H3. The van der Waals surface area contributed by atoms with E-state index in [-0.39, 0.29) is 0 Å². The molecule has 0 spiro atoms. The van der Waals surface area contributed by atoms with Gasteiger partial charge in [-0.3, -0.25) is 0 Å². The first kappa shape index (κ1) is 14.2. The summed E-state index contributed by atoms with van der Waals surface area (Å²) in [5.74, 6) is 0.707. The van der Waals surface area contributed by atoms with Crippen LogP contribution in [-0.4, -0.2) is 37.5 Å². The first-order valence-corrected chi connectivity index (χ1v) is 7.03. The molecule has 1 aromatic rings. The zero-order chi connectivity index (χ0) is 13.2. The maximum Gasteiger partial charge on any atom is 0.394 e. The van der Waals surface area contributed by atoms with Gasteiger partial charge in [-0.25, -0.2) is 13.9 Å². The van der Waals surface area contributed by atoms with Crippen LogP contribution in [0.3, 0.4) is 0 Å². The van der Waals surface area contributed by atoms with Crippen LogP contribution in [0.1, 0.15) is 11.1 Å². The molecule has 0 saturated carbocycles. The van der Waals surface area contributed by atoms with Crippen molar-refractivity contribution in [3.63, 3.8) is 0 Å². The Hall–Kier alpha value is -0.830. The van der Waals surface area contributed by atoms with Crippen molar-refractivity contribution in [1.29, 1.82) is 0 Å². The summed E-state index contributed by atoms with van der Waals surface area (Å²) >= 11 is 0. The molecular formula is C12H21N2O2P. The fourth-order valence-corrected chi connectivity index (χ4v) is 3.15. The van der Waals surface area contributed by atoms with Crippen molar-refractivity contribution in [2.45, 2.75) is 13.8 Å². The number of nitrogens with zero attached hydrogens (tertiary/aromatic N) is 2. The molecule has 0 bridgehead atoms. The Bertz CT molecular complexity index is 412. The Morgan fingerprint density at radius 1 is 1.00 bits per heavy atom. The average Bonchev–Trinajstić information content (AvgIpc) is 2.22. The minimum absolute atomic E-state index is 0.707. The van der Waals surface area contributed by atoms with Gasteiger partial charge in [0.2, 0.25) is 0 Å². The fourth-order valence-electron chi connectivity index (χ4n) is 1.58. The SMILES string of the molecule is Cc1cccc(C)c1OP(=O)(N(C)C)N(C)C. The van der Waals surface area contributed by atoms with E-state index in [2.05, 4.69) is 0 Å². The molecule has 0 unspecified atom stereocenters. The highest BCUT2D eigenvalue weighted by atomic mass is 31.2. The van der Waals surface area contributed by atoms with Gasteiger partial charge in [0.1, 0.15) is 5.75 Å². The third-order valence-corrected chi connectivity index (χ3v) is 5.07. The molecule has 0 heterocycles. The summed E-state index contributed by atoms with van der Waals surface area (Å²) < 4.78 is 21.8. The highest BCUT2D eigenvalue weighted by Crippen LogP contribution is 2.51. The van der Waals surface area contributed by atoms with Gasteiger partial charge in [-0.05, 0) is 53.2 Å². The number of para-hydroxylation sites is 1. The third kappa shape index (κ3) is 2.89. The lowest BCUT2D eigenvalue weighted by molar-refractivity contribution is 0.352. The van der Waals surface area contributed by atoms with Gasteiger partial charge in [-0.1, -0.05) is 18.2 Å². The lowest BCUT2D eigenvalue weighted by Crippen LogP contribution is -2.24. The van der Waals surface area contributed by atoms with E-state index in [0.717, 1.165) is 11.1 Å². The summed E-state index contributed by atoms with van der Waals surface area (Å²) in [4.78, 5) is 0. The molecule has 1 rings (SSSR count). The van der Waals surface area contributed by atoms with Gasteiger partial charge in [0.15, 0.2) is 0 Å². The van der Waals surface area contributed by atoms with E-state index in [1.54, 1.807) is 37.5 Å². The molecule has 4 nitrogen and oxygen atoms in total. The van der Waals surface area contributed by atoms with E-state index in [1.807, 2.05) is 32.0 Å². The van der Waals surface area contributed by atoms with E-state index >= 15 is 0 Å². The molecule has 0 aliphatic heterocycles. The Morgan fingerprint density at radius 3 is 1.76 bits per heavy atom. The van der Waals surface area contributed by atoms with Crippen molar-refractivity contribution in [3.8, 4) is 5.75 Å². The molecule has 0 fully saturated rings. The van der Waals surface area contributed by atoms with Crippen LogP contribution >= 0.6 is 7.67 Å². The van der Waals surface area contributed by atoms with Crippen molar-refractivity contribution in [1.82, 2.24) is 9.34 Å². The number of hydrogen-bond donors (Lipinski definition) is 0. The molecule has 0 aliphatic rings. The average molecular weight is 256 g/mol. The van der Waals surface area contributed by atoms with Crippen LogP contribution in [0.25, 0.3) is 0 Å². The fraction of sp³-hybridized carbons (Fsp3) is 0.500. The minimum atomic E-state index is -2.97. The van der Waals surface area contributed by atoms with Crippen LogP contribution in [0.2, 0.25) is 0 Å². The molecule has 96 valence electrons. The van der Waals surface area contributed by atoms with Crippen LogP contribution < -0.4 is 4.52 Å². The molecule has 17 heavy (non-hydrogen) atoms. The summed E-state index contributed by atoms with van der Waals surface area (Å²) in [6, 6.07) is 5.88. The summed E-state index contributed by atoms with van der Waals surface area (Å²) in [5.41, 5.74) is 1.99. The van der Waals surface area contributed by atoms with Gasteiger partial charge in [0.05, 0.1) is 0 Å². The topological polar surface area (TPSA) is 32.8 Å². The van der Waals surface area contributed by atoms with Gasteiger partial charge in [0.25, 0.3) is 0 Å². The van der Waals surface area contributed by atoms with Gasteiger partial charge in [-0.2, -0.15) is 0 Å². The highest BCUT2D eigenvalue weighted by molar-refractivity contribution is 7.54. The molecule has 0 radical (unpaired) electrons. The predicted octanol–water partition coefficient (Wildman–Crippen LogP) is 2.91. The van der Waals surface area contributed by atoms with Gasteiger partial charge >= 0.3 is 7.67 Å². The molecule has 0 N–H and O–H groups in total. The number of rotatable bonds is 4. The second kappa shape index (κ2) is 5.21. The Labute approximate surface area is 104 Å². The quantitative estimate of drug-likeness (QED) is 0.775. The van der Waals surface area contributed by atoms with Crippen molar-refractivity contribution in [2.24, 2.45) is 0 Å². The number of benzene rings is 1. The minimum Gasteiger partial charge on any atom is -0.421 e. The van der Waals surface area contributed by atoms with Crippen LogP contribution in [0.15, 0.2) is 18.2 Å². The van der Waals surface area contributed by atoms with Crippen LogP contribution in [0, 0.1) is 13.8 Å². The van der Waals surface area contributed by atoms with E-state index in [1.165, 1.54) is 0 Å². The predicted molar refractivity (Wildman–Crippen MR) is 71.5 cm³/mol. The molecular weight excluding hydrogens is 235 g/mol. The molecule has 0 aliphatic carbocycles.